The topological polar surface area (TPSA) is 51.4 Å². The van der Waals surface area contributed by atoms with Crippen LogP contribution in [0, 0.1) is 6.92 Å². The molecule has 1 aliphatic rings. The highest BCUT2D eigenvalue weighted by molar-refractivity contribution is 7.80. The molecule has 1 aromatic heterocycles. The Hall–Kier alpha value is -1.92. The van der Waals surface area contributed by atoms with E-state index in [0.717, 1.165) is 59.5 Å². The maximum Gasteiger partial charge on any atom is 0.253 e. The summed E-state index contributed by atoms with van der Waals surface area (Å²) in [5, 5.41) is 5.28. The SMILES string of the molecule is Cc1ccc2cc(CN(C(=S)NCCCN(C)C)C3CCCCC3)c(=O)[nH]c2c1. The molecule has 0 bridgehead atoms. The largest absolute Gasteiger partial charge is 0.363 e. The fourth-order valence-corrected chi connectivity index (χ4v) is 4.43. The number of fused-ring (bicyclic) bond motifs is 1. The Morgan fingerprint density at radius 3 is 2.69 bits per heavy atom. The monoisotopic (exact) mass is 414 g/mol. The third kappa shape index (κ3) is 6.03. The normalized spacial score (nSPS) is 15.0. The van der Waals surface area contributed by atoms with Gasteiger partial charge < -0.3 is 20.1 Å². The van der Waals surface area contributed by atoms with Crippen LogP contribution in [0.2, 0.25) is 0 Å². The number of H-pyrrole nitrogens is 1. The van der Waals surface area contributed by atoms with E-state index in [0.29, 0.717) is 12.6 Å². The molecule has 6 heteroatoms. The van der Waals surface area contributed by atoms with Crippen LogP contribution in [0.25, 0.3) is 10.9 Å². The number of hydrogen-bond acceptors (Lipinski definition) is 3. The molecule has 0 radical (unpaired) electrons. The van der Waals surface area contributed by atoms with Crippen LogP contribution in [0.5, 0.6) is 0 Å². The van der Waals surface area contributed by atoms with Crippen molar-refractivity contribution in [3.05, 3.63) is 45.7 Å². The van der Waals surface area contributed by atoms with Crippen LogP contribution in [0.3, 0.4) is 0 Å². The molecule has 0 saturated heterocycles. The number of hydrogen-bond donors (Lipinski definition) is 2. The Bertz CT molecular complexity index is 886. The summed E-state index contributed by atoms with van der Waals surface area (Å²) < 4.78 is 0. The number of aromatic amines is 1. The molecular formula is C23H34N4OS. The van der Waals surface area contributed by atoms with Crippen LogP contribution in [-0.4, -0.2) is 53.1 Å². The van der Waals surface area contributed by atoms with E-state index >= 15 is 0 Å². The minimum atomic E-state index is -0.0145. The van der Waals surface area contributed by atoms with Crippen LogP contribution >= 0.6 is 12.2 Å². The molecule has 158 valence electrons. The van der Waals surface area contributed by atoms with Crippen LogP contribution < -0.4 is 10.9 Å². The number of pyridine rings is 1. The zero-order valence-corrected chi connectivity index (χ0v) is 18.8. The molecule has 1 aromatic carbocycles. The zero-order valence-electron chi connectivity index (χ0n) is 18.0. The van der Waals surface area contributed by atoms with Crippen LogP contribution in [0.15, 0.2) is 29.1 Å². The van der Waals surface area contributed by atoms with E-state index in [9.17, 15) is 4.79 Å². The minimum absolute atomic E-state index is 0.0145. The summed E-state index contributed by atoms with van der Waals surface area (Å²) in [6, 6.07) is 8.62. The van der Waals surface area contributed by atoms with Crippen molar-refractivity contribution in [3.8, 4) is 0 Å². The molecule has 5 nitrogen and oxygen atoms in total. The van der Waals surface area contributed by atoms with Gasteiger partial charge in [0.05, 0.1) is 6.54 Å². The molecule has 2 aromatic rings. The van der Waals surface area contributed by atoms with Gasteiger partial charge in [-0.2, -0.15) is 0 Å². The number of nitrogens with one attached hydrogen (secondary N) is 2. The van der Waals surface area contributed by atoms with Crippen molar-refractivity contribution >= 4 is 28.2 Å². The van der Waals surface area contributed by atoms with Gasteiger partial charge in [0, 0.05) is 23.7 Å². The first-order chi connectivity index (χ1) is 13.9. The Kier molecular flexibility index (Phi) is 7.67. The van der Waals surface area contributed by atoms with Crippen molar-refractivity contribution in [1.29, 1.82) is 0 Å². The van der Waals surface area contributed by atoms with E-state index < -0.39 is 0 Å². The number of rotatable bonds is 7. The highest BCUT2D eigenvalue weighted by atomic mass is 32.1. The van der Waals surface area contributed by atoms with Crippen LogP contribution in [-0.2, 0) is 6.54 Å². The second-order valence-corrected chi connectivity index (χ2v) is 8.91. The molecule has 0 spiro atoms. The predicted octanol–water partition coefficient (Wildman–Crippen LogP) is 3.80. The summed E-state index contributed by atoms with van der Waals surface area (Å²) >= 11 is 5.78. The molecule has 0 unspecified atom stereocenters. The van der Waals surface area contributed by atoms with E-state index in [2.05, 4.69) is 46.3 Å². The predicted molar refractivity (Wildman–Crippen MR) is 125 cm³/mol. The van der Waals surface area contributed by atoms with Gasteiger partial charge in [-0.15, -0.1) is 0 Å². The summed E-state index contributed by atoms with van der Waals surface area (Å²) in [6.45, 7) is 4.48. The molecule has 1 fully saturated rings. The van der Waals surface area contributed by atoms with E-state index in [1.807, 2.05) is 19.1 Å². The summed E-state index contributed by atoms with van der Waals surface area (Å²) in [5.41, 5.74) is 2.81. The molecule has 0 amide bonds. The van der Waals surface area contributed by atoms with E-state index in [4.69, 9.17) is 12.2 Å². The smallest absolute Gasteiger partial charge is 0.253 e. The number of nitrogens with zero attached hydrogens (tertiary/aromatic N) is 2. The summed E-state index contributed by atoms with van der Waals surface area (Å²) in [5.74, 6) is 0. The van der Waals surface area contributed by atoms with Crippen molar-refractivity contribution in [2.45, 2.75) is 58.0 Å². The van der Waals surface area contributed by atoms with Gasteiger partial charge in [-0.1, -0.05) is 31.4 Å². The zero-order chi connectivity index (χ0) is 20.8. The van der Waals surface area contributed by atoms with Crippen molar-refractivity contribution in [1.82, 2.24) is 20.1 Å². The van der Waals surface area contributed by atoms with Crippen LogP contribution in [0.1, 0.15) is 49.7 Å². The number of benzene rings is 1. The lowest BCUT2D eigenvalue weighted by Crippen LogP contribution is -2.47. The Morgan fingerprint density at radius 1 is 1.21 bits per heavy atom. The third-order valence-electron chi connectivity index (χ3n) is 5.75. The lowest BCUT2D eigenvalue weighted by atomic mass is 9.94. The first-order valence-corrected chi connectivity index (χ1v) is 11.2. The van der Waals surface area contributed by atoms with Gasteiger partial charge in [-0.05, 0) is 82.1 Å². The first-order valence-electron chi connectivity index (χ1n) is 10.8. The van der Waals surface area contributed by atoms with Gasteiger partial charge in [0.1, 0.15) is 0 Å². The second-order valence-electron chi connectivity index (χ2n) is 8.52. The average molecular weight is 415 g/mol. The average Bonchev–Trinajstić information content (AvgIpc) is 2.70. The second kappa shape index (κ2) is 10.2. The minimum Gasteiger partial charge on any atom is -0.363 e. The number of thiocarbonyl (C=S) groups is 1. The van der Waals surface area contributed by atoms with Gasteiger partial charge >= 0.3 is 0 Å². The molecule has 1 aliphatic carbocycles. The fourth-order valence-electron chi connectivity index (χ4n) is 4.11. The summed E-state index contributed by atoms with van der Waals surface area (Å²) in [6.07, 6.45) is 7.09. The summed E-state index contributed by atoms with van der Waals surface area (Å²) in [4.78, 5) is 20.3. The Morgan fingerprint density at radius 2 is 1.97 bits per heavy atom. The van der Waals surface area contributed by atoms with E-state index in [1.165, 1.54) is 19.3 Å². The molecule has 0 atom stereocenters. The van der Waals surface area contributed by atoms with Crippen molar-refractivity contribution < 1.29 is 0 Å². The quantitative estimate of drug-likeness (QED) is 0.533. The van der Waals surface area contributed by atoms with E-state index in [-0.39, 0.29) is 5.56 Å². The molecule has 1 saturated carbocycles. The summed E-state index contributed by atoms with van der Waals surface area (Å²) in [7, 11) is 4.17. The van der Waals surface area contributed by atoms with Crippen molar-refractivity contribution in [2.24, 2.45) is 0 Å². The standard InChI is InChI=1S/C23H34N4OS/c1-17-10-11-18-15-19(22(28)25-21(18)14-17)16-27(20-8-5-4-6-9-20)23(29)24-12-7-13-26(2)3/h10-11,14-15,20H,4-9,12-13,16H2,1-3H3,(H,24,29)(H,25,28). The first kappa shape index (κ1) is 21.8. The van der Waals surface area contributed by atoms with Crippen molar-refractivity contribution in [2.75, 3.05) is 27.2 Å². The molecular weight excluding hydrogens is 380 g/mol. The van der Waals surface area contributed by atoms with Gasteiger partial charge in [-0.25, -0.2) is 0 Å². The van der Waals surface area contributed by atoms with Gasteiger partial charge in [0.2, 0.25) is 0 Å². The molecule has 1 heterocycles. The molecule has 0 aliphatic heterocycles. The third-order valence-corrected chi connectivity index (χ3v) is 6.13. The molecule has 2 N–H and O–H groups in total. The lowest BCUT2D eigenvalue weighted by Gasteiger charge is -2.36. The fraction of sp³-hybridized carbons (Fsp3) is 0.565. The van der Waals surface area contributed by atoms with Gasteiger partial charge in [-0.3, -0.25) is 4.79 Å². The van der Waals surface area contributed by atoms with Crippen LogP contribution in [0.4, 0.5) is 0 Å². The van der Waals surface area contributed by atoms with E-state index in [1.54, 1.807) is 0 Å². The Balaban J connectivity index is 1.78. The molecule has 3 rings (SSSR count). The Labute approximate surface area is 179 Å². The molecule has 29 heavy (non-hydrogen) atoms. The van der Waals surface area contributed by atoms with Gasteiger partial charge in [0.25, 0.3) is 5.56 Å². The highest BCUT2D eigenvalue weighted by Crippen LogP contribution is 2.24. The number of aryl methyl sites for hydroxylation is 1. The van der Waals surface area contributed by atoms with Gasteiger partial charge in [0.15, 0.2) is 5.11 Å². The lowest BCUT2D eigenvalue weighted by molar-refractivity contribution is 0.234. The maximum atomic E-state index is 12.8. The maximum absolute atomic E-state index is 12.8. The number of aromatic nitrogens is 1. The highest BCUT2D eigenvalue weighted by Gasteiger charge is 2.24. The van der Waals surface area contributed by atoms with Crippen molar-refractivity contribution in [3.63, 3.8) is 0 Å².